The molecule has 0 radical (unpaired) electrons. The van der Waals surface area contributed by atoms with E-state index in [1.807, 2.05) is 42.5 Å². The zero-order valence-corrected chi connectivity index (χ0v) is 18.7. The van der Waals surface area contributed by atoms with Crippen molar-refractivity contribution in [2.75, 3.05) is 6.54 Å². The molecule has 1 aliphatic rings. The first-order valence-corrected chi connectivity index (χ1v) is 12.4. The van der Waals surface area contributed by atoms with Crippen LogP contribution in [0.2, 0.25) is 5.02 Å². The monoisotopic (exact) mass is 471 g/mol. The van der Waals surface area contributed by atoms with Gasteiger partial charge in [-0.15, -0.1) is 11.3 Å². The largest absolute Gasteiger partial charge is 0.337 e. The maximum absolute atomic E-state index is 12.9. The molecule has 9 heteroatoms. The van der Waals surface area contributed by atoms with E-state index in [0.29, 0.717) is 24.5 Å². The summed E-state index contributed by atoms with van der Waals surface area (Å²) in [5, 5.41) is 2.31. The molecular weight excluding hydrogens is 454 g/mol. The van der Waals surface area contributed by atoms with Crippen LogP contribution in [0.25, 0.3) is 21.0 Å². The van der Waals surface area contributed by atoms with Crippen LogP contribution in [-0.4, -0.2) is 36.8 Å². The van der Waals surface area contributed by atoms with Gasteiger partial charge in [-0.25, -0.2) is 8.42 Å². The number of nitrogens with one attached hydrogen (secondary N) is 1. The molecule has 0 bridgehead atoms. The van der Waals surface area contributed by atoms with Crippen LogP contribution in [0.15, 0.2) is 65.0 Å². The second-order valence-electron chi connectivity index (χ2n) is 7.47. The number of carbonyl (C=O) groups excluding carboxylic acids is 1. The predicted octanol–water partition coefficient (Wildman–Crippen LogP) is 4.18. The van der Waals surface area contributed by atoms with Gasteiger partial charge in [0.05, 0.1) is 10.5 Å². The Morgan fingerprint density at radius 2 is 2.00 bits per heavy atom. The molecule has 0 spiro atoms. The number of fused-ring (bicyclic) bond motifs is 2. The first-order valence-electron chi connectivity index (χ1n) is 9.73. The molecule has 3 heterocycles. The fraction of sp³-hybridized carbons (Fsp3) is 0.182. The average molecular weight is 472 g/mol. The lowest BCUT2D eigenvalue weighted by Crippen LogP contribution is -2.41. The molecule has 4 aromatic rings. The summed E-state index contributed by atoms with van der Waals surface area (Å²) in [4.78, 5) is 18.8. The minimum absolute atomic E-state index is 0.219. The fourth-order valence-electron chi connectivity index (χ4n) is 3.82. The van der Waals surface area contributed by atoms with E-state index in [1.165, 1.54) is 11.3 Å². The van der Waals surface area contributed by atoms with Crippen LogP contribution in [0, 0.1) is 0 Å². The number of halogens is 1. The Morgan fingerprint density at radius 1 is 1.16 bits per heavy atom. The smallest absolute Gasteiger partial charge is 0.250 e. The van der Waals surface area contributed by atoms with Gasteiger partial charge in [0.15, 0.2) is 0 Å². The van der Waals surface area contributed by atoms with E-state index in [2.05, 4.69) is 9.71 Å². The second kappa shape index (κ2) is 7.87. The van der Waals surface area contributed by atoms with Gasteiger partial charge < -0.3 is 4.90 Å². The Hall–Kier alpha value is -2.52. The highest BCUT2D eigenvalue weighted by Crippen LogP contribution is 2.29. The lowest BCUT2D eigenvalue weighted by Gasteiger charge is -2.17. The predicted molar refractivity (Wildman–Crippen MR) is 123 cm³/mol. The van der Waals surface area contributed by atoms with Crippen molar-refractivity contribution < 1.29 is 13.2 Å². The molecular formula is C22H18ClN3O3S2. The molecule has 2 aromatic heterocycles. The Morgan fingerprint density at radius 3 is 2.84 bits per heavy atom. The molecule has 0 aliphatic carbocycles. The van der Waals surface area contributed by atoms with Crippen molar-refractivity contribution in [1.82, 2.24) is 14.6 Å². The van der Waals surface area contributed by atoms with Crippen LogP contribution in [-0.2, 0) is 21.4 Å². The molecule has 6 nitrogen and oxygen atoms in total. The van der Waals surface area contributed by atoms with Crippen molar-refractivity contribution in [3.05, 3.63) is 71.4 Å². The number of hydrogen-bond acceptors (Lipinski definition) is 5. The van der Waals surface area contributed by atoms with Crippen molar-refractivity contribution in [1.29, 1.82) is 0 Å². The number of pyridine rings is 1. The third kappa shape index (κ3) is 3.92. The molecule has 1 atom stereocenters. The molecule has 2 aromatic carbocycles. The standard InChI is InChI=1S/C22H18ClN3O3S2/c23-17-7-9-24-18-6-5-14(11-16(17)18)13-26-10-8-19(22(26)27)25-31(28,29)21-12-15-3-1-2-4-20(15)30-21/h1-7,9,11-12,19,25H,8,10,13H2/t19-/m0/s1. The van der Waals surface area contributed by atoms with Crippen molar-refractivity contribution >= 4 is 59.9 Å². The van der Waals surface area contributed by atoms with Gasteiger partial charge in [0, 0.05) is 29.4 Å². The SMILES string of the molecule is O=C1[C@@H](NS(=O)(=O)c2cc3ccccc3s2)CCN1Cc1ccc2nccc(Cl)c2c1. The second-order valence-corrected chi connectivity index (χ2v) is 10.9. The molecule has 5 rings (SSSR count). The average Bonchev–Trinajstić information content (AvgIpc) is 3.34. The van der Waals surface area contributed by atoms with Crippen molar-refractivity contribution in [2.45, 2.75) is 23.2 Å². The highest BCUT2D eigenvalue weighted by molar-refractivity contribution is 7.91. The number of aromatic nitrogens is 1. The Balaban J connectivity index is 1.32. The van der Waals surface area contributed by atoms with Crippen LogP contribution in [0.1, 0.15) is 12.0 Å². The molecule has 0 saturated carbocycles. The van der Waals surface area contributed by atoms with E-state index in [4.69, 9.17) is 11.6 Å². The topological polar surface area (TPSA) is 79.4 Å². The zero-order valence-electron chi connectivity index (χ0n) is 16.3. The van der Waals surface area contributed by atoms with Gasteiger partial charge in [0.25, 0.3) is 10.0 Å². The normalized spacial score (nSPS) is 17.1. The van der Waals surface area contributed by atoms with Crippen LogP contribution >= 0.6 is 22.9 Å². The molecule has 1 aliphatic heterocycles. The van der Waals surface area contributed by atoms with Crippen LogP contribution in [0.5, 0.6) is 0 Å². The third-order valence-corrected chi connectivity index (χ3v) is 8.78. The van der Waals surface area contributed by atoms with Gasteiger partial charge in [-0.1, -0.05) is 35.9 Å². The maximum atomic E-state index is 12.9. The van der Waals surface area contributed by atoms with E-state index >= 15 is 0 Å². The van der Waals surface area contributed by atoms with E-state index in [1.54, 1.807) is 23.2 Å². The number of rotatable bonds is 5. The molecule has 31 heavy (non-hydrogen) atoms. The van der Waals surface area contributed by atoms with Crippen LogP contribution in [0.4, 0.5) is 0 Å². The summed E-state index contributed by atoms with van der Waals surface area (Å²) >= 11 is 7.46. The summed E-state index contributed by atoms with van der Waals surface area (Å²) in [7, 11) is -3.77. The Bertz CT molecular complexity index is 1390. The summed E-state index contributed by atoms with van der Waals surface area (Å²) in [6.07, 6.45) is 2.08. The number of carbonyl (C=O) groups is 1. The lowest BCUT2D eigenvalue weighted by molar-refractivity contribution is -0.129. The molecule has 158 valence electrons. The Kier molecular flexibility index (Phi) is 5.18. The number of sulfonamides is 1. The van der Waals surface area contributed by atoms with Gasteiger partial charge in [-0.2, -0.15) is 4.72 Å². The van der Waals surface area contributed by atoms with Crippen molar-refractivity contribution in [2.24, 2.45) is 0 Å². The van der Waals surface area contributed by atoms with E-state index in [0.717, 1.165) is 26.6 Å². The molecule has 1 N–H and O–H groups in total. The summed E-state index contributed by atoms with van der Waals surface area (Å²) < 4.78 is 29.4. The van der Waals surface area contributed by atoms with Gasteiger partial charge in [0.1, 0.15) is 10.3 Å². The zero-order chi connectivity index (χ0) is 21.6. The first kappa shape index (κ1) is 20.4. The Labute approximate surface area is 188 Å². The number of likely N-dealkylation sites (tertiary alicyclic amines) is 1. The van der Waals surface area contributed by atoms with Crippen LogP contribution in [0.3, 0.4) is 0 Å². The fourth-order valence-corrected chi connectivity index (χ4v) is 6.66. The van der Waals surface area contributed by atoms with Gasteiger partial charge in [-0.3, -0.25) is 9.78 Å². The highest BCUT2D eigenvalue weighted by Gasteiger charge is 2.35. The molecule has 1 amide bonds. The molecule has 1 fully saturated rings. The number of benzene rings is 2. The quantitative estimate of drug-likeness (QED) is 0.473. The maximum Gasteiger partial charge on any atom is 0.250 e. The van der Waals surface area contributed by atoms with E-state index in [-0.39, 0.29) is 10.1 Å². The molecule has 1 saturated heterocycles. The van der Waals surface area contributed by atoms with Crippen molar-refractivity contribution in [3.8, 4) is 0 Å². The summed E-state index contributed by atoms with van der Waals surface area (Å²) in [5.74, 6) is -0.220. The third-order valence-electron chi connectivity index (χ3n) is 5.39. The summed E-state index contributed by atoms with van der Waals surface area (Å²) in [6, 6.07) is 15.8. The minimum Gasteiger partial charge on any atom is -0.337 e. The van der Waals surface area contributed by atoms with Gasteiger partial charge >= 0.3 is 0 Å². The van der Waals surface area contributed by atoms with Crippen molar-refractivity contribution in [3.63, 3.8) is 0 Å². The first-order chi connectivity index (χ1) is 14.9. The highest BCUT2D eigenvalue weighted by atomic mass is 35.5. The van der Waals surface area contributed by atoms with Gasteiger partial charge in [-0.05, 0) is 47.7 Å². The lowest BCUT2D eigenvalue weighted by atomic mass is 10.1. The van der Waals surface area contributed by atoms with Gasteiger partial charge in [0.2, 0.25) is 5.91 Å². The number of thiophene rings is 1. The minimum atomic E-state index is -3.77. The molecule has 0 unspecified atom stereocenters. The summed E-state index contributed by atoms with van der Waals surface area (Å²) in [6.45, 7) is 0.873. The number of nitrogens with zero attached hydrogens (tertiary/aromatic N) is 2. The number of amides is 1. The summed E-state index contributed by atoms with van der Waals surface area (Å²) in [5.41, 5.74) is 1.71. The van der Waals surface area contributed by atoms with E-state index < -0.39 is 16.1 Å². The van der Waals surface area contributed by atoms with E-state index in [9.17, 15) is 13.2 Å². The number of hydrogen-bond donors (Lipinski definition) is 1. The van der Waals surface area contributed by atoms with Crippen LogP contribution < -0.4 is 4.72 Å².